The molecule has 2 amide bonds. The van der Waals surface area contributed by atoms with E-state index in [0.29, 0.717) is 52.9 Å². The molecule has 13 nitrogen and oxygen atoms in total. The van der Waals surface area contributed by atoms with Crippen molar-refractivity contribution < 1.29 is 23.7 Å². The summed E-state index contributed by atoms with van der Waals surface area (Å²) in [6, 6.07) is 28.3. The number of urea groups is 1. The van der Waals surface area contributed by atoms with E-state index in [0.717, 1.165) is 60.2 Å². The highest BCUT2D eigenvalue weighted by Crippen LogP contribution is 2.35. The van der Waals surface area contributed by atoms with Gasteiger partial charge in [-0.15, -0.1) is 0 Å². The molecule has 1 saturated heterocycles. The Balaban J connectivity index is 1.05. The van der Waals surface area contributed by atoms with Crippen LogP contribution in [-0.4, -0.2) is 85.3 Å². The topological polar surface area (TPSA) is 137 Å². The van der Waals surface area contributed by atoms with E-state index in [1.54, 1.807) is 24.1 Å². The largest absolute Gasteiger partial charge is 0.497 e. The summed E-state index contributed by atoms with van der Waals surface area (Å²) in [5, 5.41) is 16.8. The van der Waals surface area contributed by atoms with Crippen molar-refractivity contribution in [1.82, 2.24) is 24.6 Å². The van der Waals surface area contributed by atoms with E-state index in [2.05, 4.69) is 50.5 Å². The molecule has 284 valence electrons. The van der Waals surface area contributed by atoms with Gasteiger partial charge in [0.2, 0.25) is 11.8 Å². The number of aryl methyl sites for hydroxylation is 1. The predicted octanol–water partition coefficient (Wildman–Crippen LogP) is 7.57. The van der Waals surface area contributed by atoms with Gasteiger partial charge in [-0.25, -0.2) is 14.5 Å². The van der Waals surface area contributed by atoms with E-state index >= 15 is 0 Å². The van der Waals surface area contributed by atoms with E-state index in [1.165, 1.54) is 0 Å². The van der Waals surface area contributed by atoms with Gasteiger partial charge in [0.05, 0.1) is 31.7 Å². The Hall–Kier alpha value is -5.96. The van der Waals surface area contributed by atoms with E-state index in [-0.39, 0.29) is 6.03 Å². The summed E-state index contributed by atoms with van der Waals surface area (Å²) < 4.78 is 25.2. The fourth-order valence-electron chi connectivity index (χ4n) is 6.12. The number of hydrogen-bond acceptors (Lipinski definition) is 10. The number of benzene rings is 4. The van der Waals surface area contributed by atoms with Crippen molar-refractivity contribution in [3.63, 3.8) is 0 Å². The maximum atomic E-state index is 13.5. The number of fused-ring (bicyclic) bond motifs is 1. The summed E-state index contributed by atoms with van der Waals surface area (Å²) in [5.41, 5.74) is 3.35. The molecule has 3 heterocycles. The summed E-state index contributed by atoms with van der Waals surface area (Å²) in [6.07, 6.45) is 1.63. The number of morpholine rings is 1. The van der Waals surface area contributed by atoms with Crippen LogP contribution in [0.2, 0.25) is 19.6 Å². The monoisotopic (exact) mass is 758 g/mol. The lowest BCUT2D eigenvalue weighted by atomic mass is 10.1. The second-order valence-corrected chi connectivity index (χ2v) is 19.3. The average Bonchev–Trinajstić information content (AvgIpc) is 3.61. The Bertz CT molecular complexity index is 2270. The summed E-state index contributed by atoms with van der Waals surface area (Å²) >= 11 is 0. The zero-order valence-electron chi connectivity index (χ0n) is 31.8. The number of carbonyl (C=O) groups excluding carboxylic acids is 1. The second kappa shape index (κ2) is 16.6. The van der Waals surface area contributed by atoms with Gasteiger partial charge in [0.1, 0.15) is 37.7 Å². The van der Waals surface area contributed by atoms with Crippen LogP contribution in [-0.2, 0) is 4.74 Å². The summed E-state index contributed by atoms with van der Waals surface area (Å²) in [7, 11) is -0.156. The van der Waals surface area contributed by atoms with Crippen LogP contribution in [0.4, 0.5) is 27.9 Å². The van der Waals surface area contributed by atoms with Crippen molar-refractivity contribution in [2.24, 2.45) is 0 Å². The lowest BCUT2D eigenvalue weighted by Crippen LogP contribution is -2.39. The molecule has 14 heteroatoms. The third-order valence-corrected chi connectivity index (χ3v) is 10.9. The first kappa shape index (κ1) is 37.4. The molecule has 3 N–H and O–H groups in total. The number of amides is 2. The van der Waals surface area contributed by atoms with E-state index in [1.807, 2.05) is 91.9 Å². The number of ether oxygens (including phenoxy) is 4. The molecular weight excluding hydrogens is 713 g/mol. The van der Waals surface area contributed by atoms with Crippen LogP contribution >= 0.6 is 0 Å². The molecule has 1 aliphatic heterocycles. The van der Waals surface area contributed by atoms with Crippen molar-refractivity contribution >= 4 is 53.3 Å². The van der Waals surface area contributed by atoms with Crippen LogP contribution in [0.3, 0.4) is 0 Å². The molecule has 0 saturated carbocycles. The SMILES string of the molecule is COc1cc(Nc2nccc(Oc3ccc(NC(=O)Nc4cc([Si](C)(C)C)nn4-c4ccc(C)cc4)c4ccccc34)n2)cc(OCCN2CCOCC2)c1. The molecule has 1 aliphatic rings. The molecule has 0 spiro atoms. The number of methoxy groups -OCH3 is 1. The highest BCUT2D eigenvalue weighted by atomic mass is 28.3. The van der Waals surface area contributed by atoms with Crippen molar-refractivity contribution in [3.05, 3.63) is 103 Å². The summed E-state index contributed by atoms with van der Waals surface area (Å²) in [5.74, 6) is 3.16. The van der Waals surface area contributed by atoms with Gasteiger partial charge in [-0.2, -0.15) is 10.1 Å². The van der Waals surface area contributed by atoms with Crippen LogP contribution in [0, 0.1) is 6.92 Å². The van der Waals surface area contributed by atoms with E-state index in [4.69, 9.17) is 24.0 Å². The molecular formula is C41H46N8O5Si. The predicted molar refractivity (Wildman–Crippen MR) is 219 cm³/mol. The number of anilines is 4. The number of rotatable bonds is 13. The smallest absolute Gasteiger partial charge is 0.324 e. The van der Waals surface area contributed by atoms with Gasteiger partial charge >= 0.3 is 6.03 Å². The van der Waals surface area contributed by atoms with Crippen molar-refractivity contribution in [2.75, 3.05) is 62.5 Å². The molecule has 0 bridgehead atoms. The molecule has 55 heavy (non-hydrogen) atoms. The van der Waals surface area contributed by atoms with Crippen LogP contribution in [0.1, 0.15) is 5.56 Å². The maximum Gasteiger partial charge on any atom is 0.324 e. The highest BCUT2D eigenvalue weighted by molar-refractivity contribution is 6.88. The minimum atomic E-state index is -1.77. The van der Waals surface area contributed by atoms with Gasteiger partial charge in [0.15, 0.2) is 0 Å². The average molecular weight is 759 g/mol. The molecule has 2 aromatic heterocycles. The molecule has 0 aliphatic carbocycles. The number of nitrogens with zero attached hydrogens (tertiary/aromatic N) is 5. The van der Waals surface area contributed by atoms with Gasteiger partial charge in [0.25, 0.3) is 0 Å². The first-order valence-corrected chi connectivity index (χ1v) is 21.8. The number of nitrogens with one attached hydrogen (secondary N) is 3. The van der Waals surface area contributed by atoms with Gasteiger partial charge < -0.3 is 29.6 Å². The van der Waals surface area contributed by atoms with Crippen LogP contribution in [0.15, 0.2) is 97.2 Å². The minimum absolute atomic E-state index is 0.339. The Labute approximate surface area is 321 Å². The Morgan fingerprint density at radius 2 is 1.65 bits per heavy atom. The normalized spacial score (nSPS) is 13.3. The zero-order valence-corrected chi connectivity index (χ0v) is 32.8. The molecule has 0 radical (unpaired) electrons. The number of carbonyl (C=O) groups is 1. The third kappa shape index (κ3) is 9.41. The minimum Gasteiger partial charge on any atom is -0.497 e. The van der Waals surface area contributed by atoms with E-state index < -0.39 is 8.07 Å². The molecule has 0 atom stereocenters. The van der Waals surface area contributed by atoms with Crippen LogP contribution in [0.5, 0.6) is 23.1 Å². The lowest BCUT2D eigenvalue weighted by Gasteiger charge is -2.26. The fourth-order valence-corrected chi connectivity index (χ4v) is 7.09. The highest BCUT2D eigenvalue weighted by Gasteiger charge is 2.24. The van der Waals surface area contributed by atoms with Gasteiger partial charge in [-0.1, -0.05) is 61.6 Å². The van der Waals surface area contributed by atoms with Gasteiger partial charge in [-0.05, 0) is 37.3 Å². The molecule has 6 aromatic rings. The second-order valence-electron chi connectivity index (χ2n) is 14.3. The van der Waals surface area contributed by atoms with Crippen molar-refractivity contribution in [2.45, 2.75) is 26.6 Å². The molecule has 7 rings (SSSR count). The van der Waals surface area contributed by atoms with Crippen molar-refractivity contribution in [1.29, 1.82) is 0 Å². The maximum absolute atomic E-state index is 13.5. The van der Waals surface area contributed by atoms with Gasteiger partial charge in [0, 0.05) is 71.9 Å². The summed E-state index contributed by atoms with van der Waals surface area (Å²) in [6.45, 7) is 13.4. The number of aromatic nitrogens is 4. The quantitative estimate of drug-likeness (QED) is 0.101. The van der Waals surface area contributed by atoms with Crippen LogP contribution in [0.25, 0.3) is 16.5 Å². The zero-order chi connectivity index (χ0) is 38.4. The standard InChI is InChI=1S/C41H46N8O5Si/c1-28-10-12-30(13-11-28)49-37(27-39(47-49)55(3,4)5)45-41(50)44-35-14-15-36(34-9-7-6-8-33(34)35)54-38-16-17-42-40(46-38)43-29-24-31(51-2)26-32(25-29)53-23-20-48-18-21-52-22-19-48/h6-17,24-27H,18-23H2,1-5H3,(H,42,43,46)(H2,44,45,50). The van der Waals surface area contributed by atoms with Gasteiger partial charge in [-0.3, -0.25) is 10.2 Å². The molecule has 1 fully saturated rings. The number of hydrogen-bond donors (Lipinski definition) is 3. The first-order valence-electron chi connectivity index (χ1n) is 18.3. The third-order valence-electron chi connectivity index (χ3n) is 9.13. The molecule has 0 unspecified atom stereocenters. The Morgan fingerprint density at radius 1 is 0.891 bits per heavy atom. The Morgan fingerprint density at radius 3 is 2.42 bits per heavy atom. The lowest BCUT2D eigenvalue weighted by molar-refractivity contribution is 0.0322. The van der Waals surface area contributed by atoms with Crippen LogP contribution < -0.4 is 35.5 Å². The molecule has 4 aromatic carbocycles. The van der Waals surface area contributed by atoms with E-state index in [9.17, 15) is 4.79 Å². The Kier molecular flexibility index (Phi) is 11.3. The first-order chi connectivity index (χ1) is 26.6. The fraction of sp³-hybridized carbons (Fsp3) is 0.268. The van der Waals surface area contributed by atoms with Crippen molar-refractivity contribution in [3.8, 4) is 28.8 Å². The summed E-state index contributed by atoms with van der Waals surface area (Å²) in [4.78, 5) is 24.9.